The van der Waals surface area contributed by atoms with Gasteiger partial charge in [-0.05, 0) is 48.9 Å². The number of ether oxygens (including phenoxy) is 1. The molecule has 3 rings (SSSR count). The molecule has 134 valence electrons. The van der Waals surface area contributed by atoms with Crippen LogP contribution in [0.2, 0.25) is 0 Å². The van der Waals surface area contributed by atoms with Crippen LogP contribution < -0.4 is 10.1 Å². The number of methoxy groups -OCH3 is 1. The first kappa shape index (κ1) is 18.1. The second-order valence-corrected chi connectivity index (χ2v) is 5.91. The number of hydrogen-bond donors (Lipinski definition) is 1. The van der Waals surface area contributed by atoms with Crippen molar-refractivity contribution in [3.05, 3.63) is 71.5 Å². The van der Waals surface area contributed by atoms with Crippen molar-refractivity contribution in [1.29, 1.82) is 5.26 Å². The van der Waals surface area contributed by atoms with Gasteiger partial charge in [0, 0.05) is 17.4 Å². The molecule has 0 aliphatic heterocycles. The molecule has 2 aromatic carbocycles. The second kappa shape index (κ2) is 8.11. The van der Waals surface area contributed by atoms with E-state index < -0.39 is 0 Å². The van der Waals surface area contributed by atoms with Crippen molar-refractivity contribution in [2.75, 3.05) is 12.4 Å². The summed E-state index contributed by atoms with van der Waals surface area (Å²) < 4.78 is 5.15. The van der Waals surface area contributed by atoms with Gasteiger partial charge in [0.2, 0.25) is 0 Å². The van der Waals surface area contributed by atoms with Crippen LogP contribution in [0, 0.1) is 18.3 Å². The average molecular weight is 358 g/mol. The van der Waals surface area contributed by atoms with E-state index in [1.807, 2.05) is 36.4 Å². The van der Waals surface area contributed by atoms with Crippen LogP contribution in [0.1, 0.15) is 21.6 Å². The van der Waals surface area contributed by atoms with E-state index >= 15 is 0 Å². The molecular formula is C21H18N4O2. The van der Waals surface area contributed by atoms with Gasteiger partial charge >= 0.3 is 0 Å². The van der Waals surface area contributed by atoms with Gasteiger partial charge in [0.05, 0.1) is 30.9 Å². The molecule has 0 saturated heterocycles. The zero-order chi connectivity index (χ0) is 19.2. The Hall–Kier alpha value is -3.72. The lowest BCUT2D eigenvalue weighted by molar-refractivity contribution is 0.102. The summed E-state index contributed by atoms with van der Waals surface area (Å²) in [5, 5.41) is 11.5. The first-order valence-electron chi connectivity index (χ1n) is 8.36. The van der Waals surface area contributed by atoms with Gasteiger partial charge in [0.15, 0.2) is 5.82 Å². The molecule has 0 saturated carbocycles. The van der Waals surface area contributed by atoms with Crippen LogP contribution in [0.5, 0.6) is 5.75 Å². The molecule has 0 aliphatic rings. The molecule has 0 aliphatic carbocycles. The third-order valence-electron chi connectivity index (χ3n) is 4.07. The Kier molecular flexibility index (Phi) is 5.43. The van der Waals surface area contributed by atoms with E-state index in [9.17, 15) is 4.79 Å². The summed E-state index contributed by atoms with van der Waals surface area (Å²) in [5.74, 6) is 1.03. The molecular weight excluding hydrogens is 340 g/mol. The number of hydrogen-bond acceptors (Lipinski definition) is 5. The third-order valence-corrected chi connectivity index (χ3v) is 4.07. The van der Waals surface area contributed by atoms with Gasteiger partial charge in [-0.2, -0.15) is 5.26 Å². The molecule has 1 aromatic heterocycles. The maximum Gasteiger partial charge on any atom is 0.259 e. The number of nitrogens with one attached hydrogen (secondary N) is 1. The lowest BCUT2D eigenvalue weighted by atomic mass is 10.1. The molecule has 6 nitrogen and oxygen atoms in total. The van der Waals surface area contributed by atoms with Gasteiger partial charge in [0.1, 0.15) is 5.75 Å². The summed E-state index contributed by atoms with van der Waals surface area (Å²) >= 11 is 0. The zero-order valence-corrected chi connectivity index (χ0v) is 15.1. The van der Waals surface area contributed by atoms with E-state index in [1.165, 1.54) is 6.20 Å². The molecule has 3 aromatic rings. The van der Waals surface area contributed by atoms with Crippen molar-refractivity contribution in [1.82, 2.24) is 9.97 Å². The van der Waals surface area contributed by atoms with Crippen molar-refractivity contribution in [3.8, 4) is 23.2 Å². The van der Waals surface area contributed by atoms with Crippen LogP contribution in [-0.2, 0) is 6.42 Å². The molecule has 0 radical (unpaired) electrons. The molecule has 0 spiro atoms. The van der Waals surface area contributed by atoms with Gasteiger partial charge < -0.3 is 10.1 Å². The second-order valence-electron chi connectivity index (χ2n) is 5.91. The van der Waals surface area contributed by atoms with E-state index in [1.54, 1.807) is 26.2 Å². The Morgan fingerprint density at radius 3 is 2.44 bits per heavy atom. The molecule has 0 fully saturated rings. The van der Waals surface area contributed by atoms with Gasteiger partial charge in [-0.25, -0.2) is 9.97 Å². The van der Waals surface area contributed by atoms with Crippen molar-refractivity contribution >= 4 is 11.6 Å². The number of anilines is 1. The van der Waals surface area contributed by atoms with Gasteiger partial charge in [0.25, 0.3) is 5.91 Å². The third kappa shape index (κ3) is 4.28. The number of aryl methyl sites for hydroxylation is 1. The van der Waals surface area contributed by atoms with Crippen molar-refractivity contribution < 1.29 is 9.53 Å². The number of nitriles is 1. The molecule has 0 bridgehead atoms. The number of carbonyl (C=O) groups excluding carboxylic acids is 1. The lowest BCUT2D eigenvalue weighted by Crippen LogP contribution is -2.15. The minimum Gasteiger partial charge on any atom is -0.497 e. The van der Waals surface area contributed by atoms with Crippen LogP contribution in [0.25, 0.3) is 11.4 Å². The largest absolute Gasteiger partial charge is 0.497 e. The topological polar surface area (TPSA) is 87.9 Å². The minimum atomic E-state index is -0.276. The Morgan fingerprint density at radius 2 is 1.85 bits per heavy atom. The van der Waals surface area contributed by atoms with E-state index in [0.29, 0.717) is 29.2 Å². The molecule has 1 amide bonds. The Balaban J connectivity index is 1.76. The van der Waals surface area contributed by atoms with Crippen molar-refractivity contribution in [2.45, 2.75) is 13.3 Å². The number of amides is 1. The predicted octanol–water partition coefficient (Wildman–Crippen LogP) is 3.78. The van der Waals surface area contributed by atoms with Gasteiger partial charge in [-0.3, -0.25) is 4.79 Å². The normalized spacial score (nSPS) is 10.1. The van der Waals surface area contributed by atoms with Crippen LogP contribution in [0.15, 0.2) is 54.7 Å². The predicted molar refractivity (Wildman–Crippen MR) is 102 cm³/mol. The summed E-state index contributed by atoms with van der Waals surface area (Å²) in [6, 6.07) is 16.7. The van der Waals surface area contributed by atoms with Gasteiger partial charge in [-0.1, -0.05) is 12.1 Å². The Labute approximate surface area is 157 Å². The fourth-order valence-corrected chi connectivity index (χ4v) is 2.56. The SMILES string of the molecule is COc1ccc(-c2ncc(C(=O)Nc3ccc(CC#N)cc3)c(C)n2)cc1. The summed E-state index contributed by atoms with van der Waals surface area (Å²) in [6.07, 6.45) is 1.87. The highest BCUT2D eigenvalue weighted by Gasteiger charge is 2.13. The van der Waals surface area contributed by atoms with Crippen LogP contribution in [-0.4, -0.2) is 23.0 Å². The molecule has 0 unspecified atom stereocenters. The Morgan fingerprint density at radius 1 is 1.15 bits per heavy atom. The highest BCUT2D eigenvalue weighted by Crippen LogP contribution is 2.20. The number of benzene rings is 2. The van der Waals surface area contributed by atoms with Crippen molar-refractivity contribution in [3.63, 3.8) is 0 Å². The number of rotatable bonds is 5. The minimum absolute atomic E-state index is 0.276. The monoisotopic (exact) mass is 358 g/mol. The van der Waals surface area contributed by atoms with E-state index in [-0.39, 0.29) is 5.91 Å². The fourth-order valence-electron chi connectivity index (χ4n) is 2.56. The molecule has 1 heterocycles. The number of nitrogens with zero attached hydrogens (tertiary/aromatic N) is 3. The fraction of sp³-hybridized carbons (Fsp3) is 0.143. The maximum absolute atomic E-state index is 12.5. The molecule has 6 heteroatoms. The number of carbonyl (C=O) groups is 1. The number of aromatic nitrogens is 2. The Bertz CT molecular complexity index is 990. The van der Waals surface area contributed by atoms with Crippen LogP contribution in [0.3, 0.4) is 0 Å². The quantitative estimate of drug-likeness (QED) is 0.750. The van der Waals surface area contributed by atoms with E-state index in [2.05, 4.69) is 21.4 Å². The highest BCUT2D eigenvalue weighted by molar-refractivity contribution is 6.04. The first-order chi connectivity index (χ1) is 13.1. The summed E-state index contributed by atoms with van der Waals surface area (Å²) in [7, 11) is 1.61. The average Bonchev–Trinajstić information content (AvgIpc) is 2.69. The first-order valence-corrected chi connectivity index (χ1v) is 8.36. The summed E-state index contributed by atoms with van der Waals surface area (Å²) in [5.41, 5.74) is 3.40. The maximum atomic E-state index is 12.5. The van der Waals surface area contributed by atoms with Crippen LogP contribution in [0.4, 0.5) is 5.69 Å². The van der Waals surface area contributed by atoms with Crippen molar-refractivity contribution in [2.24, 2.45) is 0 Å². The van der Waals surface area contributed by atoms with Gasteiger partial charge in [-0.15, -0.1) is 0 Å². The van der Waals surface area contributed by atoms with E-state index in [4.69, 9.17) is 10.00 Å². The highest BCUT2D eigenvalue weighted by atomic mass is 16.5. The lowest BCUT2D eigenvalue weighted by Gasteiger charge is -2.09. The molecule has 1 N–H and O–H groups in total. The standard InChI is InChI=1S/C21H18N4O2/c1-14-19(21(26)25-17-7-3-15(4-8-17)11-12-22)13-23-20(24-14)16-5-9-18(27-2)10-6-16/h3-10,13H,11H2,1-2H3,(H,25,26). The zero-order valence-electron chi connectivity index (χ0n) is 15.1. The summed E-state index contributed by atoms with van der Waals surface area (Å²) in [6.45, 7) is 1.78. The molecule has 0 atom stereocenters. The molecule has 27 heavy (non-hydrogen) atoms. The van der Waals surface area contributed by atoms with E-state index in [0.717, 1.165) is 16.9 Å². The van der Waals surface area contributed by atoms with Crippen LogP contribution >= 0.6 is 0 Å². The summed E-state index contributed by atoms with van der Waals surface area (Å²) in [4.78, 5) is 21.3. The smallest absolute Gasteiger partial charge is 0.259 e.